The number of aryl methyl sites for hydroxylation is 1. The Bertz CT molecular complexity index is 1000. The highest BCUT2D eigenvalue weighted by Gasteiger charge is 2.18. The number of hydrogen-bond acceptors (Lipinski definition) is 3. The average molecular weight is 375 g/mol. The molecule has 1 aromatic heterocycles. The summed E-state index contributed by atoms with van der Waals surface area (Å²) in [7, 11) is 1.37. The lowest BCUT2D eigenvalue weighted by molar-refractivity contribution is 0.102. The predicted octanol–water partition coefficient (Wildman–Crippen LogP) is 3.92. The number of ether oxygens (including phenoxy) is 1. The molecular weight excluding hydrogens is 359 g/mol. The van der Waals surface area contributed by atoms with Gasteiger partial charge in [0.1, 0.15) is 29.0 Å². The largest absolute Gasteiger partial charge is 0.496 e. The Balaban J connectivity index is 1.90. The lowest BCUT2D eigenvalue weighted by Crippen LogP contribution is -2.18. The molecule has 0 saturated heterocycles. The summed E-state index contributed by atoms with van der Waals surface area (Å²) in [5.74, 6) is -1.88. The summed E-state index contributed by atoms with van der Waals surface area (Å²) in [6.07, 6.45) is 1.48. The second-order valence-electron chi connectivity index (χ2n) is 5.87. The standard InChI is InChI=1S/C19H16F3N3O2/c1-11-9-23-25(10-12-7-13(20)3-5-16(12)22)18(11)24-19(26)15-8-14(21)4-6-17(15)27-2/h3-9H,10H2,1-2H3,(H,24,26). The zero-order chi connectivity index (χ0) is 19.6. The van der Waals surface area contributed by atoms with Gasteiger partial charge in [-0.15, -0.1) is 0 Å². The molecule has 0 radical (unpaired) electrons. The molecule has 0 aliphatic carbocycles. The molecule has 0 spiro atoms. The van der Waals surface area contributed by atoms with Gasteiger partial charge in [0.15, 0.2) is 0 Å². The molecule has 2 aromatic carbocycles. The van der Waals surface area contributed by atoms with Gasteiger partial charge >= 0.3 is 0 Å². The van der Waals surface area contributed by atoms with E-state index in [0.717, 1.165) is 24.3 Å². The first-order chi connectivity index (χ1) is 12.9. The number of anilines is 1. The number of nitrogens with one attached hydrogen (secondary N) is 1. The third-order valence-corrected chi connectivity index (χ3v) is 3.99. The van der Waals surface area contributed by atoms with Crippen molar-refractivity contribution in [1.82, 2.24) is 9.78 Å². The second kappa shape index (κ2) is 7.53. The van der Waals surface area contributed by atoms with Crippen LogP contribution < -0.4 is 10.1 Å². The third-order valence-electron chi connectivity index (χ3n) is 3.99. The van der Waals surface area contributed by atoms with E-state index in [1.165, 1.54) is 30.1 Å². The second-order valence-corrected chi connectivity index (χ2v) is 5.87. The van der Waals surface area contributed by atoms with Crippen LogP contribution in [0.25, 0.3) is 0 Å². The van der Waals surface area contributed by atoms with Gasteiger partial charge in [-0.2, -0.15) is 5.10 Å². The van der Waals surface area contributed by atoms with Crippen LogP contribution in [0.5, 0.6) is 5.75 Å². The van der Waals surface area contributed by atoms with Crippen LogP contribution in [0.15, 0.2) is 42.6 Å². The summed E-state index contributed by atoms with van der Waals surface area (Å²) in [6.45, 7) is 1.61. The molecule has 1 N–H and O–H groups in total. The fourth-order valence-corrected chi connectivity index (χ4v) is 2.62. The first-order valence-electron chi connectivity index (χ1n) is 8.00. The van der Waals surface area contributed by atoms with Gasteiger partial charge in [-0.3, -0.25) is 4.79 Å². The zero-order valence-electron chi connectivity index (χ0n) is 14.6. The average Bonchev–Trinajstić information content (AvgIpc) is 2.98. The summed E-state index contributed by atoms with van der Waals surface area (Å²) in [4.78, 5) is 12.6. The fraction of sp³-hybridized carbons (Fsp3) is 0.158. The van der Waals surface area contributed by atoms with Crippen molar-refractivity contribution in [3.8, 4) is 5.75 Å². The van der Waals surface area contributed by atoms with Crippen LogP contribution >= 0.6 is 0 Å². The first kappa shape index (κ1) is 18.5. The summed E-state index contributed by atoms with van der Waals surface area (Å²) in [6, 6.07) is 6.68. The van der Waals surface area contributed by atoms with Crippen molar-refractivity contribution in [2.45, 2.75) is 13.5 Å². The molecule has 27 heavy (non-hydrogen) atoms. The Kier molecular flexibility index (Phi) is 5.16. The van der Waals surface area contributed by atoms with E-state index in [-0.39, 0.29) is 29.2 Å². The van der Waals surface area contributed by atoms with Gasteiger partial charge in [-0.1, -0.05) is 0 Å². The van der Waals surface area contributed by atoms with Gasteiger partial charge in [0.25, 0.3) is 5.91 Å². The maximum atomic E-state index is 13.9. The van der Waals surface area contributed by atoms with E-state index in [4.69, 9.17) is 4.74 Å². The maximum absolute atomic E-state index is 13.9. The molecule has 0 fully saturated rings. The number of amides is 1. The number of aromatic nitrogens is 2. The number of nitrogens with zero attached hydrogens (tertiary/aromatic N) is 2. The number of carbonyl (C=O) groups excluding carboxylic acids is 1. The molecule has 0 aliphatic rings. The van der Waals surface area contributed by atoms with Crippen molar-refractivity contribution >= 4 is 11.7 Å². The monoisotopic (exact) mass is 375 g/mol. The van der Waals surface area contributed by atoms with E-state index in [1.54, 1.807) is 6.92 Å². The van der Waals surface area contributed by atoms with Crippen molar-refractivity contribution in [3.63, 3.8) is 0 Å². The minimum absolute atomic E-state index is 0.00147. The molecule has 1 heterocycles. The molecule has 0 unspecified atom stereocenters. The predicted molar refractivity (Wildman–Crippen MR) is 93.3 cm³/mol. The van der Waals surface area contributed by atoms with Crippen LogP contribution in [0.2, 0.25) is 0 Å². The zero-order valence-corrected chi connectivity index (χ0v) is 14.6. The van der Waals surface area contributed by atoms with E-state index in [1.807, 2.05) is 0 Å². The molecule has 5 nitrogen and oxygen atoms in total. The molecule has 1 amide bonds. The molecule has 0 bridgehead atoms. The van der Waals surface area contributed by atoms with Crippen molar-refractivity contribution < 1.29 is 22.7 Å². The van der Waals surface area contributed by atoms with Crippen molar-refractivity contribution in [3.05, 3.63) is 76.7 Å². The van der Waals surface area contributed by atoms with Gasteiger partial charge in [-0.25, -0.2) is 17.9 Å². The van der Waals surface area contributed by atoms with E-state index in [9.17, 15) is 18.0 Å². The summed E-state index contributed by atoms with van der Waals surface area (Å²) in [5.41, 5.74) is 0.689. The Labute approximate surface area is 153 Å². The van der Waals surface area contributed by atoms with Gasteiger partial charge in [0, 0.05) is 11.1 Å². The smallest absolute Gasteiger partial charge is 0.260 e. The van der Waals surface area contributed by atoms with Gasteiger partial charge in [-0.05, 0) is 43.3 Å². The maximum Gasteiger partial charge on any atom is 0.260 e. The number of hydrogen-bond donors (Lipinski definition) is 1. The van der Waals surface area contributed by atoms with E-state index in [0.29, 0.717) is 5.56 Å². The van der Waals surface area contributed by atoms with Crippen molar-refractivity contribution in [1.29, 1.82) is 0 Å². The highest BCUT2D eigenvalue weighted by atomic mass is 19.1. The third kappa shape index (κ3) is 3.94. The van der Waals surface area contributed by atoms with E-state index < -0.39 is 23.4 Å². The van der Waals surface area contributed by atoms with Crippen LogP contribution in [-0.2, 0) is 6.54 Å². The van der Waals surface area contributed by atoms with E-state index in [2.05, 4.69) is 10.4 Å². The highest BCUT2D eigenvalue weighted by molar-refractivity contribution is 6.06. The summed E-state index contributed by atoms with van der Waals surface area (Å²) < 4.78 is 47.2. The molecule has 3 rings (SSSR count). The first-order valence-corrected chi connectivity index (χ1v) is 8.00. The summed E-state index contributed by atoms with van der Waals surface area (Å²) >= 11 is 0. The lowest BCUT2D eigenvalue weighted by atomic mass is 10.1. The van der Waals surface area contributed by atoms with Crippen LogP contribution in [0.4, 0.5) is 19.0 Å². The van der Waals surface area contributed by atoms with Crippen LogP contribution in [-0.4, -0.2) is 22.8 Å². The minimum Gasteiger partial charge on any atom is -0.496 e. The molecule has 8 heteroatoms. The number of rotatable bonds is 5. The van der Waals surface area contributed by atoms with Gasteiger partial charge in [0.05, 0.1) is 25.4 Å². The van der Waals surface area contributed by atoms with Crippen LogP contribution in [0.3, 0.4) is 0 Å². The summed E-state index contributed by atoms with van der Waals surface area (Å²) in [5, 5.41) is 6.73. The van der Waals surface area contributed by atoms with Crippen molar-refractivity contribution in [2.75, 3.05) is 12.4 Å². The lowest BCUT2D eigenvalue weighted by Gasteiger charge is -2.13. The normalized spacial score (nSPS) is 10.7. The van der Waals surface area contributed by atoms with Crippen LogP contribution in [0, 0.1) is 24.4 Å². The van der Waals surface area contributed by atoms with Gasteiger partial charge in [0.2, 0.25) is 0 Å². The van der Waals surface area contributed by atoms with Crippen molar-refractivity contribution in [2.24, 2.45) is 0 Å². The quantitative estimate of drug-likeness (QED) is 0.736. The molecule has 0 atom stereocenters. The number of benzene rings is 2. The Morgan fingerprint density at radius 1 is 1.15 bits per heavy atom. The highest BCUT2D eigenvalue weighted by Crippen LogP contribution is 2.23. The SMILES string of the molecule is COc1ccc(F)cc1C(=O)Nc1c(C)cnn1Cc1cc(F)ccc1F. The molecule has 0 saturated carbocycles. The molecular formula is C19H16F3N3O2. The number of methoxy groups -OCH3 is 1. The molecule has 0 aliphatic heterocycles. The number of halogens is 3. The Morgan fingerprint density at radius 3 is 2.59 bits per heavy atom. The fourth-order valence-electron chi connectivity index (χ4n) is 2.62. The topological polar surface area (TPSA) is 56.1 Å². The minimum atomic E-state index is -0.615. The Morgan fingerprint density at radius 2 is 1.85 bits per heavy atom. The van der Waals surface area contributed by atoms with E-state index >= 15 is 0 Å². The number of carbonyl (C=O) groups is 1. The molecule has 3 aromatic rings. The van der Waals surface area contributed by atoms with Crippen LogP contribution in [0.1, 0.15) is 21.5 Å². The van der Waals surface area contributed by atoms with Gasteiger partial charge < -0.3 is 10.1 Å². The molecule has 140 valence electrons. The Hall–Kier alpha value is -3.29.